The Morgan fingerprint density at radius 1 is 0.941 bits per heavy atom. The number of nitrogens with one attached hydrogen (secondary N) is 1. The van der Waals surface area contributed by atoms with E-state index >= 15 is 0 Å². The van der Waals surface area contributed by atoms with E-state index in [0.717, 1.165) is 31.5 Å². The maximum atomic E-state index is 12.7. The maximum absolute atomic E-state index is 12.7. The number of primary amides is 1. The first-order valence-electron chi connectivity index (χ1n) is 11.9. The van der Waals surface area contributed by atoms with Gasteiger partial charge in [0.15, 0.2) is 0 Å². The van der Waals surface area contributed by atoms with Crippen molar-refractivity contribution in [2.45, 2.75) is 44.6 Å². The minimum absolute atomic E-state index is 0.118. The summed E-state index contributed by atoms with van der Waals surface area (Å²) in [6.07, 6.45) is 4.43. The Kier molecular flexibility index (Phi) is 6.88. The average Bonchev–Trinajstić information content (AvgIpc) is 2.84. The second-order valence-corrected chi connectivity index (χ2v) is 9.24. The Morgan fingerprint density at radius 2 is 1.62 bits per heavy atom. The third kappa shape index (κ3) is 4.63. The van der Waals surface area contributed by atoms with Gasteiger partial charge in [-0.1, -0.05) is 24.6 Å². The number of benzene rings is 2. The lowest BCUT2D eigenvalue weighted by molar-refractivity contribution is -0.132. The van der Waals surface area contributed by atoms with Crippen LogP contribution >= 0.6 is 0 Å². The molecule has 2 heterocycles. The van der Waals surface area contributed by atoms with Crippen LogP contribution in [0, 0.1) is 6.92 Å². The van der Waals surface area contributed by atoms with Gasteiger partial charge in [0.25, 0.3) is 5.91 Å². The summed E-state index contributed by atoms with van der Waals surface area (Å²) in [6, 6.07) is 12.2. The molecule has 34 heavy (non-hydrogen) atoms. The van der Waals surface area contributed by atoms with Gasteiger partial charge in [-0.05, 0) is 75.5 Å². The van der Waals surface area contributed by atoms with Gasteiger partial charge < -0.3 is 21.1 Å². The van der Waals surface area contributed by atoms with E-state index in [1.54, 1.807) is 24.3 Å². The van der Waals surface area contributed by atoms with E-state index in [1.807, 2.05) is 24.0 Å². The predicted molar refractivity (Wildman–Crippen MR) is 131 cm³/mol. The highest BCUT2D eigenvalue weighted by Gasteiger charge is 2.45. The van der Waals surface area contributed by atoms with Crippen molar-refractivity contribution in [3.05, 3.63) is 59.2 Å². The van der Waals surface area contributed by atoms with E-state index in [-0.39, 0.29) is 17.4 Å². The number of nitrogens with zero attached hydrogens (tertiary/aromatic N) is 2. The molecule has 0 bridgehead atoms. The second-order valence-electron chi connectivity index (χ2n) is 9.24. The molecule has 0 atom stereocenters. The summed E-state index contributed by atoms with van der Waals surface area (Å²) in [5.74, 6) is -1.64. The van der Waals surface area contributed by atoms with Gasteiger partial charge in [-0.25, -0.2) is 4.79 Å². The molecule has 8 heteroatoms. The summed E-state index contributed by atoms with van der Waals surface area (Å²) in [4.78, 5) is 41.5. The van der Waals surface area contributed by atoms with Crippen molar-refractivity contribution >= 4 is 29.2 Å². The number of amides is 2. The first kappa shape index (κ1) is 23.8. The van der Waals surface area contributed by atoms with Crippen LogP contribution in [0.4, 0.5) is 11.4 Å². The summed E-state index contributed by atoms with van der Waals surface area (Å²) in [5, 5.41) is 12.7. The van der Waals surface area contributed by atoms with E-state index in [4.69, 9.17) is 5.73 Å². The third-order valence-corrected chi connectivity index (χ3v) is 7.23. The van der Waals surface area contributed by atoms with Crippen LogP contribution in [0.1, 0.15) is 58.4 Å². The average molecular weight is 465 g/mol. The number of piperidine rings is 2. The molecule has 0 aromatic heterocycles. The van der Waals surface area contributed by atoms with Gasteiger partial charge in [0.05, 0.1) is 11.3 Å². The van der Waals surface area contributed by atoms with Crippen LogP contribution < -0.4 is 16.0 Å². The van der Waals surface area contributed by atoms with E-state index in [2.05, 4.69) is 10.2 Å². The van der Waals surface area contributed by atoms with Crippen molar-refractivity contribution in [1.82, 2.24) is 4.90 Å². The van der Waals surface area contributed by atoms with Gasteiger partial charge in [-0.2, -0.15) is 0 Å². The number of carboxylic acid groups (broad SMARTS) is 1. The zero-order chi connectivity index (χ0) is 24.3. The summed E-state index contributed by atoms with van der Waals surface area (Å²) in [7, 11) is 0. The SMILES string of the molecule is Cc1ccccc1C(=O)Nc1ccc(N2CCC(C(N)=O)(N3CCCCC3)CC2)c(C(=O)O)c1. The Bertz CT molecular complexity index is 1090. The fourth-order valence-electron chi connectivity index (χ4n) is 5.24. The first-order valence-corrected chi connectivity index (χ1v) is 11.9. The van der Waals surface area contributed by atoms with Crippen molar-refractivity contribution in [1.29, 1.82) is 0 Å². The van der Waals surface area contributed by atoms with Crippen LogP contribution in [0.25, 0.3) is 0 Å². The van der Waals surface area contributed by atoms with Crippen molar-refractivity contribution in [3.63, 3.8) is 0 Å². The quantitative estimate of drug-likeness (QED) is 0.604. The van der Waals surface area contributed by atoms with Gasteiger partial charge in [-0.3, -0.25) is 14.5 Å². The molecule has 2 aliphatic rings. The number of carboxylic acids is 1. The Hall–Kier alpha value is -3.39. The molecule has 4 N–H and O–H groups in total. The van der Waals surface area contributed by atoms with Crippen LogP contribution in [0.5, 0.6) is 0 Å². The highest BCUT2D eigenvalue weighted by molar-refractivity contribution is 6.06. The van der Waals surface area contributed by atoms with Crippen LogP contribution in [-0.4, -0.2) is 59.5 Å². The summed E-state index contributed by atoms with van der Waals surface area (Å²) in [5.41, 5.74) is 7.73. The predicted octanol–water partition coefficient (Wildman–Crippen LogP) is 3.26. The second kappa shape index (κ2) is 9.85. The van der Waals surface area contributed by atoms with Crippen molar-refractivity contribution < 1.29 is 19.5 Å². The lowest BCUT2D eigenvalue weighted by Gasteiger charge is -2.48. The van der Waals surface area contributed by atoms with Crippen LogP contribution in [0.3, 0.4) is 0 Å². The molecule has 180 valence electrons. The van der Waals surface area contributed by atoms with Gasteiger partial charge in [0.2, 0.25) is 5.91 Å². The van der Waals surface area contributed by atoms with Crippen LogP contribution in [-0.2, 0) is 4.79 Å². The third-order valence-electron chi connectivity index (χ3n) is 7.23. The molecule has 2 saturated heterocycles. The monoisotopic (exact) mass is 464 g/mol. The number of carbonyl (C=O) groups is 3. The minimum atomic E-state index is -1.07. The van der Waals surface area contributed by atoms with Crippen LogP contribution in [0.15, 0.2) is 42.5 Å². The van der Waals surface area contributed by atoms with Gasteiger partial charge in [-0.15, -0.1) is 0 Å². The number of carbonyl (C=O) groups excluding carboxylic acids is 2. The zero-order valence-electron chi connectivity index (χ0n) is 19.5. The highest BCUT2D eigenvalue weighted by Crippen LogP contribution is 2.35. The van der Waals surface area contributed by atoms with E-state index < -0.39 is 11.5 Å². The molecule has 2 aliphatic heterocycles. The Morgan fingerprint density at radius 3 is 2.24 bits per heavy atom. The van der Waals surface area contributed by atoms with E-state index in [0.29, 0.717) is 42.9 Å². The molecule has 2 fully saturated rings. The number of hydrogen-bond acceptors (Lipinski definition) is 5. The Balaban J connectivity index is 1.52. The van der Waals surface area contributed by atoms with Crippen molar-refractivity contribution in [3.8, 4) is 0 Å². The zero-order valence-corrected chi connectivity index (χ0v) is 19.5. The molecule has 0 aliphatic carbocycles. The van der Waals surface area contributed by atoms with Gasteiger partial charge in [0, 0.05) is 24.3 Å². The Labute approximate surface area is 199 Å². The number of rotatable bonds is 6. The number of aromatic carboxylic acids is 1. The molecular formula is C26H32N4O4. The van der Waals surface area contributed by atoms with Crippen LogP contribution in [0.2, 0.25) is 0 Å². The molecule has 8 nitrogen and oxygen atoms in total. The number of aryl methyl sites for hydroxylation is 1. The fraction of sp³-hybridized carbons (Fsp3) is 0.423. The van der Waals surface area contributed by atoms with E-state index in [1.165, 1.54) is 12.5 Å². The van der Waals surface area contributed by atoms with E-state index in [9.17, 15) is 19.5 Å². The summed E-state index contributed by atoms with van der Waals surface area (Å²) in [6.45, 7) is 4.67. The minimum Gasteiger partial charge on any atom is -0.478 e. The van der Waals surface area contributed by atoms with Gasteiger partial charge in [0.1, 0.15) is 5.54 Å². The lowest BCUT2D eigenvalue weighted by Crippen LogP contribution is -2.63. The normalized spacial score (nSPS) is 18.3. The molecule has 4 rings (SSSR count). The number of hydrogen-bond donors (Lipinski definition) is 3. The molecular weight excluding hydrogens is 432 g/mol. The standard InChI is InChI=1S/C26H32N4O4/c1-18-7-3-4-8-20(18)23(31)28-19-9-10-22(21(17-19)24(32)33)29-15-11-26(12-16-29,25(27)34)30-13-5-2-6-14-30/h3-4,7-10,17H,2,5-6,11-16H2,1H3,(H2,27,34)(H,28,31)(H,32,33). The highest BCUT2D eigenvalue weighted by atomic mass is 16.4. The molecule has 2 amide bonds. The van der Waals surface area contributed by atoms with Crippen molar-refractivity contribution in [2.24, 2.45) is 5.73 Å². The van der Waals surface area contributed by atoms with Gasteiger partial charge >= 0.3 is 5.97 Å². The summed E-state index contributed by atoms with van der Waals surface area (Å²) >= 11 is 0. The van der Waals surface area contributed by atoms with Crippen molar-refractivity contribution in [2.75, 3.05) is 36.4 Å². The fourth-order valence-corrected chi connectivity index (χ4v) is 5.24. The topological polar surface area (TPSA) is 116 Å². The number of nitrogens with two attached hydrogens (primary N) is 1. The lowest BCUT2D eigenvalue weighted by atomic mass is 9.83. The maximum Gasteiger partial charge on any atom is 0.337 e. The molecule has 0 spiro atoms. The molecule has 0 unspecified atom stereocenters. The summed E-state index contributed by atoms with van der Waals surface area (Å²) < 4.78 is 0. The molecule has 2 aromatic carbocycles. The largest absolute Gasteiger partial charge is 0.478 e. The molecule has 0 radical (unpaired) electrons. The number of likely N-dealkylation sites (tertiary alicyclic amines) is 1. The number of anilines is 2. The first-order chi connectivity index (χ1) is 16.3. The molecule has 0 saturated carbocycles. The molecule has 2 aromatic rings. The smallest absolute Gasteiger partial charge is 0.337 e.